The highest BCUT2D eigenvalue weighted by Crippen LogP contribution is 2.17. The van der Waals surface area contributed by atoms with Crippen LogP contribution in [0.4, 0.5) is 4.39 Å². The Hall–Kier alpha value is -0.450. The molecule has 0 saturated carbocycles. The molecule has 2 rings (SSSR count). The Morgan fingerprint density at radius 2 is 2.31 bits per heavy atom. The number of hydrogen-bond donors (Lipinski definition) is 1. The van der Waals surface area contributed by atoms with E-state index in [0.29, 0.717) is 6.04 Å². The van der Waals surface area contributed by atoms with Crippen LogP contribution in [0.3, 0.4) is 0 Å². The SMILES string of the molecule is CC1CNCCN1Cc1cc(F)cc(Br)c1. The molecule has 1 heterocycles. The van der Waals surface area contributed by atoms with E-state index in [4.69, 9.17) is 0 Å². The summed E-state index contributed by atoms with van der Waals surface area (Å²) in [6.45, 7) is 6.06. The molecule has 1 aliphatic rings. The fourth-order valence-electron chi connectivity index (χ4n) is 2.05. The molecule has 1 saturated heterocycles. The molecule has 0 bridgehead atoms. The van der Waals surface area contributed by atoms with Gasteiger partial charge in [0.25, 0.3) is 0 Å². The van der Waals surface area contributed by atoms with Crippen LogP contribution in [-0.4, -0.2) is 30.6 Å². The highest BCUT2D eigenvalue weighted by molar-refractivity contribution is 9.10. The standard InChI is InChI=1S/C12H16BrFN2/c1-9-7-15-2-3-16(9)8-10-4-11(13)6-12(14)5-10/h4-6,9,15H,2-3,7-8H2,1H3. The van der Waals surface area contributed by atoms with E-state index in [2.05, 4.69) is 33.1 Å². The molecule has 1 aromatic carbocycles. The average Bonchev–Trinajstić information content (AvgIpc) is 2.20. The molecule has 0 aliphatic carbocycles. The molecule has 0 amide bonds. The molecule has 1 atom stereocenters. The minimum absolute atomic E-state index is 0.174. The van der Waals surface area contributed by atoms with Crippen molar-refractivity contribution >= 4 is 15.9 Å². The van der Waals surface area contributed by atoms with Crippen molar-refractivity contribution in [3.63, 3.8) is 0 Å². The highest BCUT2D eigenvalue weighted by Gasteiger charge is 2.17. The summed E-state index contributed by atoms with van der Waals surface area (Å²) in [5.74, 6) is -0.174. The zero-order valence-corrected chi connectivity index (χ0v) is 10.9. The minimum atomic E-state index is -0.174. The number of nitrogens with zero attached hydrogens (tertiary/aromatic N) is 1. The Kier molecular flexibility index (Phi) is 3.95. The fraction of sp³-hybridized carbons (Fsp3) is 0.500. The van der Waals surface area contributed by atoms with Crippen LogP contribution in [0.1, 0.15) is 12.5 Å². The van der Waals surface area contributed by atoms with E-state index < -0.39 is 0 Å². The third kappa shape index (κ3) is 3.03. The van der Waals surface area contributed by atoms with E-state index in [9.17, 15) is 4.39 Å². The van der Waals surface area contributed by atoms with Crippen molar-refractivity contribution in [3.05, 3.63) is 34.1 Å². The molecule has 1 aliphatic heterocycles. The average molecular weight is 287 g/mol. The largest absolute Gasteiger partial charge is 0.314 e. The molecule has 1 fully saturated rings. The van der Waals surface area contributed by atoms with E-state index >= 15 is 0 Å². The normalized spacial score (nSPS) is 22.3. The van der Waals surface area contributed by atoms with E-state index in [1.807, 2.05) is 6.07 Å². The predicted octanol–water partition coefficient (Wildman–Crippen LogP) is 2.38. The molecule has 2 nitrogen and oxygen atoms in total. The van der Waals surface area contributed by atoms with Crippen LogP contribution in [0.25, 0.3) is 0 Å². The second-order valence-corrected chi connectivity index (χ2v) is 5.22. The summed E-state index contributed by atoms with van der Waals surface area (Å²) in [4.78, 5) is 2.37. The van der Waals surface area contributed by atoms with Gasteiger partial charge in [-0.05, 0) is 30.7 Å². The fourth-order valence-corrected chi connectivity index (χ4v) is 2.57. The third-order valence-corrected chi connectivity index (χ3v) is 3.40. The zero-order chi connectivity index (χ0) is 11.5. The van der Waals surface area contributed by atoms with Gasteiger partial charge in [-0.3, -0.25) is 4.90 Å². The second kappa shape index (κ2) is 5.25. The molecular formula is C12H16BrFN2. The summed E-state index contributed by atoms with van der Waals surface area (Å²) in [6, 6.07) is 5.60. The summed E-state index contributed by atoms with van der Waals surface area (Å²) in [5, 5.41) is 3.35. The first-order valence-electron chi connectivity index (χ1n) is 5.55. The van der Waals surface area contributed by atoms with Crippen LogP contribution in [0.15, 0.2) is 22.7 Å². The van der Waals surface area contributed by atoms with Gasteiger partial charge in [0.15, 0.2) is 0 Å². The van der Waals surface area contributed by atoms with Gasteiger partial charge in [0, 0.05) is 36.7 Å². The van der Waals surface area contributed by atoms with Gasteiger partial charge in [-0.15, -0.1) is 0 Å². The first-order chi connectivity index (χ1) is 7.65. The number of benzene rings is 1. The third-order valence-electron chi connectivity index (χ3n) is 2.95. The molecule has 16 heavy (non-hydrogen) atoms. The predicted molar refractivity (Wildman–Crippen MR) is 66.8 cm³/mol. The van der Waals surface area contributed by atoms with Crippen LogP contribution in [0, 0.1) is 5.82 Å². The van der Waals surface area contributed by atoms with Crippen LogP contribution < -0.4 is 5.32 Å². The van der Waals surface area contributed by atoms with Crippen LogP contribution >= 0.6 is 15.9 Å². The lowest BCUT2D eigenvalue weighted by atomic mass is 10.1. The Labute approximate surface area is 104 Å². The van der Waals surface area contributed by atoms with Crippen molar-refractivity contribution < 1.29 is 4.39 Å². The Morgan fingerprint density at radius 1 is 1.50 bits per heavy atom. The van der Waals surface area contributed by atoms with Crippen molar-refractivity contribution in [1.29, 1.82) is 0 Å². The molecule has 0 radical (unpaired) electrons. The van der Waals surface area contributed by atoms with Gasteiger partial charge in [-0.25, -0.2) is 4.39 Å². The summed E-state index contributed by atoms with van der Waals surface area (Å²) in [7, 11) is 0. The van der Waals surface area contributed by atoms with E-state index in [1.54, 1.807) is 6.07 Å². The maximum Gasteiger partial charge on any atom is 0.124 e. The second-order valence-electron chi connectivity index (χ2n) is 4.30. The Morgan fingerprint density at radius 3 is 3.00 bits per heavy atom. The summed E-state index contributed by atoms with van der Waals surface area (Å²) >= 11 is 3.32. The molecule has 4 heteroatoms. The molecule has 1 aromatic rings. The van der Waals surface area contributed by atoms with Gasteiger partial charge in [0.2, 0.25) is 0 Å². The first kappa shape index (κ1) is 12.0. The van der Waals surface area contributed by atoms with Crippen LogP contribution in [-0.2, 0) is 6.54 Å². The quantitative estimate of drug-likeness (QED) is 0.898. The number of hydrogen-bond acceptors (Lipinski definition) is 2. The van der Waals surface area contributed by atoms with Gasteiger partial charge in [0.1, 0.15) is 5.82 Å². The van der Waals surface area contributed by atoms with Gasteiger partial charge >= 0.3 is 0 Å². The Bertz CT molecular complexity index is 350. The number of nitrogens with one attached hydrogen (secondary N) is 1. The highest BCUT2D eigenvalue weighted by atomic mass is 79.9. The maximum absolute atomic E-state index is 13.2. The summed E-state index contributed by atoms with van der Waals surface area (Å²) < 4.78 is 14.0. The molecule has 1 N–H and O–H groups in total. The molecule has 0 spiro atoms. The monoisotopic (exact) mass is 286 g/mol. The van der Waals surface area contributed by atoms with Crippen molar-refractivity contribution in [2.75, 3.05) is 19.6 Å². The van der Waals surface area contributed by atoms with Gasteiger partial charge < -0.3 is 5.32 Å². The maximum atomic E-state index is 13.2. The lowest BCUT2D eigenvalue weighted by Gasteiger charge is -2.33. The summed E-state index contributed by atoms with van der Waals surface area (Å²) in [6.07, 6.45) is 0. The summed E-state index contributed by atoms with van der Waals surface area (Å²) in [5.41, 5.74) is 1.03. The first-order valence-corrected chi connectivity index (χ1v) is 6.34. The van der Waals surface area contributed by atoms with Gasteiger partial charge in [0.05, 0.1) is 0 Å². The number of piperazine rings is 1. The molecule has 88 valence electrons. The van der Waals surface area contributed by atoms with Crippen LogP contribution in [0.5, 0.6) is 0 Å². The van der Waals surface area contributed by atoms with Gasteiger partial charge in [-0.1, -0.05) is 15.9 Å². The van der Waals surface area contributed by atoms with E-state index in [0.717, 1.165) is 36.2 Å². The lowest BCUT2D eigenvalue weighted by molar-refractivity contribution is 0.165. The van der Waals surface area contributed by atoms with E-state index in [1.165, 1.54) is 6.07 Å². The van der Waals surface area contributed by atoms with Crippen molar-refractivity contribution in [3.8, 4) is 0 Å². The lowest BCUT2D eigenvalue weighted by Crippen LogP contribution is -2.49. The number of halogens is 2. The van der Waals surface area contributed by atoms with Gasteiger partial charge in [-0.2, -0.15) is 0 Å². The smallest absolute Gasteiger partial charge is 0.124 e. The van der Waals surface area contributed by atoms with Crippen molar-refractivity contribution in [2.24, 2.45) is 0 Å². The topological polar surface area (TPSA) is 15.3 Å². The van der Waals surface area contributed by atoms with Crippen molar-refractivity contribution in [2.45, 2.75) is 19.5 Å². The van der Waals surface area contributed by atoms with E-state index in [-0.39, 0.29) is 5.82 Å². The van der Waals surface area contributed by atoms with Crippen molar-refractivity contribution in [1.82, 2.24) is 10.2 Å². The molecule has 1 unspecified atom stereocenters. The number of rotatable bonds is 2. The van der Waals surface area contributed by atoms with Crippen LogP contribution in [0.2, 0.25) is 0 Å². The molecular weight excluding hydrogens is 271 g/mol. The Balaban J connectivity index is 2.07. The molecule has 0 aromatic heterocycles. The minimum Gasteiger partial charge on any atom is -0.314 e. The zero-order valence-electron chi connectivity index (χ0n) is 9.34.